The second kappa shape index (κ2) is 14.7. The van der Waals surface area contributed by atoms with E-state index in [1.54, 1.807) is 22.7 Å². The van der Waals surface area contributed by atoms with Gasteiger partial charge in [-0.05, 0) is 87.9 Å². The fourth-order valence-electron chi connectivity index (χ4n) is 3.40. The van der Waals surface area contributed by atoms with Crippen LogP contribution in [-0.4, -0.2) is 27.2 Å². The van der Waals surface area contributed by atoms with E-state index in [1.165, 1.54) is 11.4 Å². The SMILES string of the molecule is CN(CCCN(C)c1ccc(N=Nc2scc[n+]2C)cc1)c1ccc(N=Nc2scc[n+]2C)cc1.[Cl-].[Cl-]. The van der Waals surface area contributed by atoms with Gasteiger partial charge in [0.2, 0.25) is 0 Å². The molecule has 0 aliphatic heterocycles. The largest absolute Gasteiger partial charge is 1.00 e. The highest BCUT2D eigenvalue weighted by atomic mass is 35.5. The Morgan fingerprint density at radius 2 is 1.00 bits per heavy atom. The van der Waals surface area contributed by atoms with Gasteiger partial charge in [0.05, 0.1) is 24.3 Å². The summed E-state index contributed by atoms with van der Waals surface area (Å²) in [5.74, 6) is 0. The Balaban J connectivity index is 0.00000241. The number of thiazole rings is 2. The van der Waals surface area contributed by atoms with Gasteiger partial charge in [-0.15, -0.1) is 0 Å². The zero-order valence-electron chi connectivity index (χ0n) is 21.2. The van der Waals surface area contributed by atoms with Gasteiger partial charge in [-0.3, -0.25) is 0 Å². The van der Waals surface area contributed by atoms with Gasteiger partial charge in [0.25, 0.3) is 0 Å². The van der Waals surface area contributed by atoms with Crippen molar-refractivity contribution in [1.29, 1.82) is 0 Å². The third-order valence-corrected chi connectivity index (χ3v) is 7.27. The number of benzene rings is 2. The minimum absolute atomic E-state index is 0. The van der Waals surface area contributed by atoms with Crippen LogP contribution in [0.5, 0.6) is 0 Å². The Morgan fingerprint density at radius 3 is 1.32 bits per heavy atom. The summed E-state index contributed by atoms with van der Waals surface area (Å²) >= 11 is 3.14. The van der Waals surface area contributed by atoms with E-state index in [0.29, 0.717) is 0 Å². The van der Waals surface area contributed by atoms with Crippen LogP contribution in [0, 0.1) is 0 Å². The third-order valence-electron chi connectivity index (χ3n) is 5.59. The fraction of sp³-hybridized carbons (Fsp3) is 0.280. The summed E-state index contributed by atoms with van der Waals surface area (Å²) in [6, 6.07) is 16.4. The van der Waals surface area contributed by atoms with Crippen molar-refractivity contribution in [1.82, 2.24) is 0 Å². The molecule has 0 aliphatic carbocycles. The number of halogens is 2. The summed E-state index contributed by atoms with van der Waals surface area (Å²) in [7, 11) is 8.18. The van der Waals surface area contributed by atoms with E-state index >= 15 is 0 Å². The summed E-state index contributed by atoms with van der Waals surface area (Å²) in [6.07, 6.45) is 4.99. The number of hydrogen-bond donors (Lipinski definition) is 0. The Bertz CT molecular complexity index is 1190. The smallest absolute Gasteiger partial charge is 0.408 e. The number of anilines is 2. The van der Waals surface area contributed by atoms with Crippen molar-refractivity contribution in [2.45, 2.75) is 6.42 Å². The molecule has 0 saturated carbocycles. The zero-order valence-corrected chi connectivity index (χ0v) is 24.3. The minimum atomic E-state index is 0. The lowest BCUT2D eigenvalue weighted by Gasteiger charge is -2.23. The van der Waals surface area contributed by atoms with Crippen molar-refractivity contribution >= 4 is 55.7 Å². The summed E-state index contributed by atoms with van der Waals surface area (Å²) in [5, 5.41) is 23.1. The molecule has 2 heterocycles. The van der Waals surface area contributed by atoms with Crippen molar-refractivity contribution in [3.8, 4) is 0 Å². The topological polar surface area (TPSA) is 63.7 Å². The number of azo groups is 2. The van der Waals surface area contributed by atoms with E-state index < -0.39 is 0 Å². The van der Waals surface area contributed by atoms with Crippen molar-refractivity contribution in [2.75, 3.05) is 37.0 Å². The molecule has 0 saturated heterocycles. The monoisotopic (exact) mass is 576 g/mol. The predicted octanol–water partition coefficient (Wildman–Crippen LogP) is 0.260. The number of aryl methyl sites for hydroxylation is 2. The van der Waals surface area contributed by atoms with E-state index in [1.807, 2.05) is 70.6 Å². The molecular formula is C25H30Cl2N8S2. The number of hydrogen-bond acceptors (Lipinski definition) is 8. The molecule has 196 valence electrons. The number of rotatable bonds is 10. The van der Waals surface area contributed by atoms with E-state index in [0.717, 1.165) is 41.1 Å². The lowest BCUT2D eigenvalue weighted by atomic mass is 10.2. The summed E-state index contributed by atoms with van der Waals surface area (Å²) in [5.41, 5.74) is 4.04. The molecule has 0 bridgehead atoms. The highest BCUT2D eigenvalue weighted by Crippen LogP contribution is 2.24. The molecule has 37 heavy (non-hydrogen) atoms. The lowest BCUT2D eigenvalue weighted by Crippen LogP contribution is -3.00. The second-order valence-electron chi connectivity index (χ2n) is 8.22. The quantitative estimate of drug-likeness (QED) is 0.201. The molecule has 0 spiro atoms. The number of nitrogens with zero attached hydrogens (tertiary/aromatic N) is 8. The van der Waals surface area contributed by atoms with Crippen LogP contribution in [0.3, 0.4) is 0 Å². The first-order valence-corrected chi connectivity index (χ1v) is 13.1. The van der Waals surface area contributed by atoms with Crippen LogP contribution in [0.15, 0.2) is 92.1 Å². The van der Waals surface area contributed by atoms with Crippen LogP contribution in [0.4, 0.5) is 33.0 Å². The van der Waals surface area contributed by atoms with Gasteiger partial charge < -0.3 is 34.6 Å². The van der Waals surface area contributed by atoms with Crippen molar-refractivity contribution < 1.29 is 33.9 Å². The van der Waals surface area contributed by atoms with Crippen LogP contribution in [0.1, 0.15) is 6.42 Å². The van der Waals surface area contributed by atoms with Gasteiger partial charge in [0.15, 0.2) is 0 Å². The van der Waals surface area contributed by atoms with E-state index in [9.17, 15) is 0 Å². The van der Waals surface area contributed by atoms with Crippen LogP contribution >= 0.6 is 22.7 Å². The maximum Gasteiger partial charge on any atom is 0.408 e. The molecule has 2 aromatic heterocycles. The molecule has 0 radical (unpaired) electrons. The molecule has 4 rings (SSSR count). The first-order chi connectivity index (χ1) is 17.0. The second-order valence-corrected chi connectivity index (χ2v) is 9.97. The first kappa shape index (κ1) is 30.3. The van der Waals surface area contributed by atoms with Crippen molar-refractivity contribution in [3.63, 3.8) is 0 Å². The van der Waals surface area contributed by atoms with Gasteiger partial charge in [-0.25, -0.2) is 9.13 Å². The summed E-state index contributed by atoms with van der Waals surface area (Å²) < 4.78 is 3.92. The van der Waals surface area contributed by atoms with Gasteiger partial charge >= 0.3 is 10.3 Å². The van der Waals surface area contributed by atoms with Crippen LogP contribution in [-0.2, 0) is 14.1 Å². The Labute approximate surface area is 238 Å². The first-order valence-electron chi connectivity index (χ1n) is 11.3. The maximum atomic E-state index is 4.34. The Kier molecular flexibility index (Phi) is 12.1. The molecule has 0 amide bonds. The van der Waals surface area contributed by atoms with Gasteiger partial charge in [0.1, 0.15) is 23.8 Å². The van der Waals surface area contributed by atoms with Crippen molar-refractivity contribution in [2.24, 2.45) is 34.6 Å². The molecule has 0 N–H and O–H groups in total. The fourth-order valence-corrected chi connectivity index (χ4v) is 4.76. The van der Waals surface area contributed by atoms with Gasteiger partial charge in [-0.2, -0.15) is 0 Å². The molecule has 0 atom stereocenters. The van der Waals surface area contributed by atoms with Crippen LogP contribution in [0.2, 0.25) is 0 Å². The van der Waals surface area contributed by atoms with Gasteiger partial charge in [-0.1, -0.05) is 0 Å². The van der Waals surface area contributed by atoms with Crippen LogP contribution < -0.4 is 43.7 Å². The van der Waals surface area contributed by atoms with Crippen molar-refractivity contribution in [3.05, 3.63) is 71.7 Å². The Morgan fingerprint density at radius 1 is 0.622 bits per heavy atom. The molecule has 8 nitrogen and oxygen atoms in total. The lowest BCUT2D eigenvalue weighted by molar-refractivity contribution is -0.654. The average molecular weight is 578 g/mol. The molecule has 0 aliphatic rings. The normalized spacial score (nSPS) is 10.9. The molecule has 2 aromatic carbocycles. The maximum absolute atomic E-state index is 4.34. The Hall–Kier alpha value is -2.92. The number of aromatic nitrogens is 2. The minimum Gasteiger partial charge on any atom is -1.00 e. The third kappa shape index (κ3) is 8.57. The van der Waals surface area contributed by atoms with E-state index in [2.05, 4.69) is 68.6 Å². The average Bonchev–Trinajstić information content (AvgIpc) is 3.49. The highest BCUT2D eigenvalue weighted by molar-refractivity contribution is 7.13. The molecule has 0 unspecified atom stereocenters. The molecule has 0 fully saturated rings. The van der Waals surface area contributed by atoms with E-state index in [4.69, 9.17) is 0 Å². The summed E-state index contributed by atoms with van der Waals surface area (Å²) in [6.45, 7) is 1.92. The predicted molar refractivity (Wildman–Crippen MR) is 143 cm³/mol. The van der Waals surface area contributed by atoms with Gasteiger partial charge in [0, 0.05) is 49.3 Å². The molecule has 12 heteroatoms. The summed E-state index contributed by atoms with van der Waals surface area (Å²) in [4.78, 5) is 4.53. The van der Waals surface area contributed by atoms with E-state index in [-0.39, 0.29) is 24.8 Å². The standard InChI is InChI=1S/C25H30N8S2.2ClH/c1-30(22-10-6-20(7-11-22)26-28-24-32(3)16-18-34-24)14-5-15-31(2)23-12-8-21(9-13-23)27-29-25-33(4)17-19-35-25;;/h6-13,16-19H,5,14-15H2,1-4H3;2*1H/q+2;;/p-2. The van der Waals surface area contributed by atoms with Crippen LogP contribution in [0.25, 0.3) is 0 Å². The zero-order chi connectivity index (χ0) is 24.6. The highest BCUT2D eigenvalue weighted by Gasteiger charge is 2.09. The molecular weight excluding hydrogens is 547 g/mol. The molecule has 4 aromatic rings.